The van der Waals surface area contributed by atoms with Crippen LogP contribution >= 0.6 is 11.3 Å². The Morgan fingerprint density at radius 3 is 2.69 bits per heavy atom. The van der Waals surface area contributed by atoms with Crippen molar-refractivity contribution in [2.24, 2.45) is 0 Å². The van der Waals surface area contributed by atoms with Crippen molar-refractivity contribution in [1.82, 2.24) is 14.9 Å². The van der Waals surface area contributed by atoms with E-state index in [2.05, 4.69) is 17.2 Å². The van der Waals surface area contributed by atoms with Crippen LogP contribution in [0.3, 0.4) is 0 Å². The lowest BCUT2D eigenvalue weighted by Crippen LogP contribution is -2.31. The molecule has 0 aliphatic carbocycles. The Kier molecular flexibility index (Phi) is 5.52. The second-order valence-electron chi connectivity index (χ2n) is 6.25. The van der Waals surface area contributed by atoms with E-state index in [0.29, 0.717) is 18.5 Å². The predicted molar refractivity (Wildman–Crippen MR) is 105 cm³/mol. The molecule has 0 fully saturated rings. The van der Waals surface area contributed by atoms with Crippen LogP contribution < -0.4 is 5.32 Å². The zero-order valence-electron chi connectivity index (χ0n) is 15.3. The minimum atomic E-state index is -0.362. The van der Waals surface area contributed by atoms with Crippen molar-refractivity contribution >= 4 is 33.9 Å². The lowest BCUT2D eigenvalue weighted by atomic mass is 10.1. The Balaban J connectivity index is 1.85. The molecular formula is C20H23N3O2S. The van der Waals surface area contributed by atoms with Crippen LogP contribution in [0.15, 0.2) is 35.8 Å². The highest BCUT2D eigenvalue weighted by molar-refractivity contribution is 7.09. The van der Waals surface area contributed by atoms with Crippen LogP contribution in [0.1, 0.15) is 54.3 Å². The predicted octanol–water partition coefficient (Wildman–Crippen LogP) is 4.13. The second kappa shape index (κ2) is 7.83. The summed E-state index contributed by atoms with van der Waals surface area (Å²) < 4.78 is 1.92. The van der Waals surface area contributed by atoms with E-state index in [1.807, 2.05) is 41.1 Å². The summed E-state index contributed by atoms with van der Waals surface area (Å²) in [6, 6.07) is 7.35. The highest BCUT2D eigenvalue weighted by Gasteiger charge is 2.22. The van der Waals surface area contributed by atoms with Gasteiger partial charge in [0, 0.05) is 28.0 Å². The molecule has 0 saturated heterocycles. The number of nitrogens with one attached hydrogen (secondary N) is 1. The molecule has 1 amide bonds. The van der Waals surface area contributed by atoms with Crippen molar-refractivity contribution < 1.29 is 9.59 Å². The Bertz CT molecular complexity index is 942. The molecule has 0 saturated carbocycles. The smallest absolute Gasteiger partial charge is 0.243 e. The number of carbonyl (C=O) groups is 2. The standard InChI is InChI=1S/C20H23N3O2S/c1-4-14-12-26-19(22-14)10-21-20(25)17(5-2)23-11-16(13(3)24)15-8-6-7-9-18(15)23/h6-9,11-12,17H,4-5,10H2,1-3H3,(H,21,25)/t17-/m1/s1. The minimum Gasteiger partial charge on any atom is -0.348 e. The molecule has 3 rings (SSSR count). The van der Waals surface area contributed by atoms with Gasteiger partial charge in [-0.15, -0.1) is 11.3 Å². The SMILES string of the molecule is CCc1csc(CNC(=O)[C@@H](CC)n2cc(C(C)=O)c3ccccc32)n1. The molecule has 2 heterocycles. The molecule has 0 spiro atoms. The number of benzene rings is 1. The number of carbonyl (C=O) groups excluding carboxylic acids is 2. The molecule has 1 atom stereocenters. The van der Waals surface area contributed by atoms with Crippen LogP contribution in [0.25, 0.3) is 10.9 Å². The number of Topliss-reactive ketones (excluding diaryl/α,β-unsaturated/α-hetero) is 1. The summed E-state index contributed by atoms with van der Waals surface area (Å²) in [5.74, 6) is -0.0540. The number of amides is 1. The van der Waals surface area contributed by atoms with Crippen LogP contribution in [0.4, 0.5) is 0 Å². The molecule has 0 aliphatic rings. The number of aromatic nitrogens is 2. The van der Waals surface area contributed by atoms with Crippen molar-refractivity contribution in [3.63, 3.8) is 0 Å². The second-order valence-corrected chi connectivity index (χ2v) is 7.19. The van der Waals surface area contributed by atoms with Crippen molar-refractivity contribution in [3.05, 3.63) is 52.1 Å². The number of fused-ring (bicyclic) bond motifs is 1. The topological polar surface area (TPSA) is 64.0 Å². The quantitative estimate of drug-likeness (QED) is 0.637. The van der Waals surface area contributed by atoms with Crippen molar-refractivity contribution in [2.75, 3.05) is 0 Å². The van der Waals surface area contributed by atoms with Gasteiger partial charge in [-0.1, -0.05) is 32.0 Å². The summed E-state index contributed by atoms with van der Waals surface area (Å²) >= 11 is 1.56. The van der Waals surface area contributed by atoms with Gasteiger partial charge in [-0.05, 0) is 25.8 Å². The molecule has 3 aromatic rings. The monoisotopic (exact) mass is 369 g/mol. The van der Waals surface area contributed by atoms with E-state index in [0.717, 1.165) is 28.0 Å². The number of hydrogen-bond donors (Lipinski definition) is 1. The fourth-order valence-electron chi connectivity index (χ4n) is 3.12. The summed E-state index contributed by atoms with van der Waals surface area (Å²) in [5.41, 5.74) is 2.61. The molecule has 0 bridgehead atoms. The molecule has 136 valence electrons. The van der Waals surface area contributed by atoms with Crippen LogP contribution in [0, 0.1) is 0 Å². The van der Waals surface area contributed by atoms with Gasteiger partial charge in [0.05, 0.1) is 12.2 Å². The zero-order chi connectivity index (χ0) is 18.7. The normalized spacial score (nSPS) is 12.3. The van der Waals surface area contributed by atoms with Gasteiger partial charge < -0.3 is 9.88 Å². The molecule has 0 aliphatic heterocycles. The van der Waals surface area contributed by atoms with Crippen LogP contribution in [-0.2, 0) is 17.8 Å². The van der Waals surface area contributed by atoms with Gasteiger partial charge in [-0.3, -0.25) is 9.59 Å². The van der Waals surface area contributed by atoms with E-state index in [1.165, 1.54) is 0 Å². The van der Waals surface area contributed by atoms with E-state index >= 15 is 0 Å². The van der Waals surface area contributed by atoms with E-state index in [4.69, 9.17) is 0 Å². The van der Waals surface area contributed by atoms with Gasteiger partial charge in [0.2, 0.25) is 5.91 Å². The lowest BCUT2D eigenvalue weighted by Gasteiger charge is -2.18. The first kappa shape index (κ1) is 18.3. The highest BCUT2D eigenvalue weighted by atomic mass is 32.1. The summed E-state index contributed by atoms with van der Waals surface area (Å²) in [5, 5.41) is 6.81. The van der Waals surface area contributed by atoms with Gasteiger partial charge >= 0.3 is 0 Å². The van der Waals surface area contributed by atoms with Gasteiger partial charge in [0.15, 0.2) is 5.78 Å². The number of ketones is 1. The van der Waals surface area contributed by atoms with Crippen molar-refractivity contribution in [1.29, 1.82) is 0 Å². The first-order chi connectivity index (χ1) is 12.5. The van der Waals surface area contributed by atoms with E-state index in [1.54, 1.807) is 24.5 Å². The van der Waals surface area contributed by atoms with Crippen LogP contribution in [0.5, 0.6) is 0 Å². The van der Waals surface area contributed by atoms with Gasteiger partial charge in [0.1, 0.15) is 11.0 Å². The summed E-state index contributed by atoms with van der Waals surface area (Å²) in [6.07, 6.45) is 3.34. The van der Waals surface area contributed by atoms with Gasteiger partial charge in [-0.2, -0.15) is 0 Å². The third-order valence-electron chi connectivity index (χ3n) is 4.52. The molecule has 1 N–H and O–H groups in total. The van der Waals surface area contributed by atoms with Crippen LogP contribution in [-0.4, -0.2) is 21.2 Å². The fourth-order valence-corrected chi connectivity index (χ4v) is 3.94. The molecular weight excluding hydrogens is 346 g/mol. The molecule has 1 aromatic carbocycles. The summed E-state index contributed by atoms with van der Waals surface area (Å²) in [4.78, 5) is 29.3. The van der Waals surface area contributed by atoms with Gasteiger partial charge in [-0.25, -0.2) is 4.98 Å². The Morgan fingerprint density at radius 1 is 1.27 bits per heavy atom. The molecule has 6 heteroatoms. The largest absolute Gasteiger partial charge is 0.348 e. The molecule has 26 heavy (non-hydrogen) atoms. The summed E-state index contributed by atoms with van der Waals surface area (Å²) in [7, 11) is 0. The van der Waals surface area contributed by atoms with Gasteiger partial charge in [0.25, 0.3) is 0 Å². The number of aryl methyl sites for hydroxylation is 1. The maximum absolute atomic E-state index is 12.8. The number of hydrogen-bond acceptors (Lipinski definition) is 4. The average Bonchev–Trinajstić information content (AvgIpc) is 3.25. The van der Waals surface area contributed by atoms with E-state index in [9.17, 15) is 9.59 Å². The minimum absolute atomic E-state index is 0.00471. The molecule has 2 aromatic heterocycles. The summed E-state index contributed by atoms with van der Waals surface area (Å²) in [6.45, 7) is 6.03. The van der Waals surface area contributed by atoms with E-state index < -0.39 is 0 Å². The number of para-hydroxylation sites is 1. The third-order valence-corrected chi connectivity index (χ3v) is 5.42. The number of nitrogens with zero attached hydrogens (tertiary/aromatic N) is 2. The zero-order valence-corrected chi connectivity index (χ0v) is 16.1. The van der Waals surface area contributed by atoms with Crippen molar-refractivity contribution in [2.45, 2.75) is 46.2 Å². The maximum Gasteiger partial charge on any atom is 0.243 e. The molecule has 5 nitrogen and oxygen atoms in total. The molecule has 0 unspecified atom stereocenters. The Labute approximate surface area is 157 Å². The first-order valence-corrected chi connectivity index (χ1v) is 9.74. The average molecular weight is 369 g/mol. The lowest BCUT2D eigenvalue weighted by molar-refractivity contribution is -0.124. The third kappa shape index (κ3) is 3.55. The van der Waals surface area contributed by atoms with Crippen LogP contribution in [0.2, 0.25) is 0 Å². The first-order valence-electron chi connectivity index (χ1n) is 8.86. The highest BCUT2D eigenvalue weighted by Crippen LogP contribution is 2.27. The van der Waals surface area contributed by atoms with Crippen molar-refractivity contribution in [3.8, 4) is 0 Å². The fraction of sp³-hybridized carbons (Fsp3) is 0.350. The maximum atomic E-state index is 12.8. The number of thiazole rings is 1. The Morgan fingerprint density at radius 2 is 2.04 bits per heavy atom. The molecule has 0 radical (unpaired) electrons. The Hall–Kier alpha value is -2.47. The van der Waals surface area contributed by atoms with E-state index in [-0.39, 0.29) is 17.7 Å². The number of rotatable bonds is 7.